The summed E-state index contributed by atoms with van der Waals surface area (Å²) in [5.41, 5.74) is 5.11. The average Bonchev–Trinajstić information content (AvgIpc) is 2.91. The Morgan fingerprint density at radius 1 is 1.38 bits per heavy atom. The van der Waals surface area contributed by atoms with Gasteiger partial charge in [0.15, 0.2) is 0 Å². The molecule has 0 radical (unpaired) electrons. The normalized spacial score (nSPS) is 20.2. The highest BCUT2D eigenvalue weighted by Crippen LogP contribution is 2.21. The fraction of sp³-hybridized carbons (Fsp3) is 0.800. The summed E-state index contributed by atoms with van der Waals surface area (Å²) in [5.74, 6) is -0.795. The summed E-state index contributed by atoms with van der Waals surface area (Å²) in [5, 5.41) is 2.57. The molecular weight excluding hydrogens is 429 g/mol. The number of carbonyl (C=O) groups is 3. The van der Waals surface area contributed by atoms with Crippen LogP contribution < -0.4 is 11.1 Å². The van der Waals surface area contributed by atoms with Gasteiger partial charge in [-0.1, -0.05) is 22.6 Å². The van der Waals surface area contributed by atoms with Gasteiger partial charge in [-0.2, -0.15) is 0 Å². The monoisotopic (exact) mass is 455 g/mol. The third-order valence-corrected chi connectivity index (χ3v) is 3.97. The van der Waals surface area contributed by atoms with E-state index in [1.807, 2.05) is 22.6 Å². The molecule has 1 saturated heterocycles. The Labute approximate surface area is 155 Å². The van der Waals surface area contributed by atoms with Gasteiger partial charge in [-0.25, -0.2) is 9.59 Å². The summed E-state index contributed by atoms with van der Waals surface area (Å²) in [6.07, 6.45) is 0.810. The van der Waals surface area contributed by atoms with Crippen molar-refractivity contribution in [1.29, 1.82) is 0 Å². The van der Waals surface area contributed by atoms with Crippen molar-refractivity contribution >= 4 is 40.6 Å². The van der Waals surface area contributed by atoms with Gasteiger partial charge in [-0.15, -0.1) is 0 Å². The number of methoxy groups -OCH3 is 1. The minimum Gasteiger partial charge on any atom is -0.467 e. The fourth-order valence-electron chi connectivity index (χ4n) is 2.51. The van der Waals surface area contributed by atoms with Crippen LogP contribution in [0, 0.1) is 0 Å². The molecule has 2 amide bonds. The SMILES string of the molecule is COC(=O)C1CCCN1C(=O)C(CC(N)I)NC(=O)OC(C)(C)C. The second kappa shape index (κ2) is 8.84. The maximum Gasteiger partial charge on any atom is 0.408 e. The van der Waals surface area contributed by atoms with Gasteiger partial charge in [-0.05, 0) is 33.6 Å². The first-order chi connectivity index (χ1) is 11.0. The van der Waals surface area contributed by atoms with E-state index in [4.69, 9.17) is 15.2 Å². The number of carbonyl (C=O) groups excluding carboxylic acids is 3. The summed E-state index contributed by atoms with van der Waals surface area (Å²) >= 11 is 1.98. The van der Waals surface area contributed by atoms with Crippen LogP contribution in [0.5, 0.6) is 0 Å². The predicted octanol–water partition coefficient (Wildman–Crippen LogP) is 1.15. The molecule has 1 aliphatic heterocycles. The van der Waals surface area contributed by atoms with Crippen LogP contribution in [0.3, 0.4) is 0 Å². The molecule has 1 fully saturated rings. The number of likely N-dealkylation sites (tertiary alicyclic amines) is 1. The number of nitrogens with zero attached hydrogens (tertiary/aromatic N) is 1. The van der Waals surface area contributed by atoms with Gasteiger partial charge in [0, 0.05) is 13.0 Å². The highest BCUT2D eigenvalue weighted by Gasteiger charge is 2.39. The zero-order valence-electron chi connectivity index (χ0n) is 14.5. The largest absolute Gasteiger partial charge is 0.467 e. The molecule has 24 heavy (non-hydrogen) atoms. The molecule has 138 valence electrons. The topological polar surface area (TPSA) is 111 Å². The van der Waals surface area contributed by atoms with E-state index in [1.165, 1.54) is 12.0 Å². The summed E-state index contributed by atoms with van der Waals surface area (Å²) in [6.45, 7) is 5.66. The third-order valence-electron chi connectivity index (χ3n) is 3.46. The Bertz CT molecular complexity index is 478. The van der Waals surface area contributed by atoms with Crippen molar-refractivity contribution < 1.29 is 23.9 Å². The van der Waals surface area contributed by atoms with E-state index in [1.54, 1.807) is 20.8 Å². The number of nitrogens with two attached hydrogens (primary N) is 1. The average molecular weight is 455 g/mol. The van der Waals surface area contributed by atoms with E-state index in [9.17, 15) is 14.4 Å². The van der Waals surface area contributed by atoms with Crippen LogP contribution in [0.4, 0.5) is 4.79 Å². The molecule has 0 aromatic rings. The van der Waals surface area contributed by atoms with Crippen molar-refractivity contribution in [2.75, 3.05) is 13.7 Å². The van der Waals surface area contributed by atoms with Crippen LogP contribution in [0.15, 0.2) is 0 Å². The lowest BCUT2D eigenvalue weighted by Gasteiger charge is -2.29. The van der Waals surface area contributed by atoms with Crippen molar-refractivity contribution in [2.45, 2.75) is 61.8 Å². The molecule has 1 rings (SSSR count). The highest BCUT2D eigenvalue weighted by molar-refractivity contribution is 14.1. The third kappa shape index (κ3) is 6.42. The Hall–Kier alpha value is -1.10. The highest BCUT2D eigenvalue weighted by atomic mass is 127. The Kier molecular flexibility index (Phi) is 7.71. The number of ether oxygens (including phenoxy) is 2. The molecule has 3 unspecified atom stereocenters. The number of nitrogens with one attached hydrogen (secondary N) is 1. The molecule has 0 bridgehead atoms. The van der Waals surface area contributed by atoms with Gasteiger partial charge in [0.1, 0.15) is 17.7 Å². The quantitative estimate of drug-likeness (QED) is 0.279. The number of rotatable bonds is 5. The zero-order valence-corrected chi connectivity index (χ0v) is 16.7. The minimum atomic E-state index is -0.850. The number of alkyl carbamates (subject to hydrolysis) is 1. The summed E-state index contributed by atoms with van der Waals surface area (Å²) in [6, 6.07) is -1.46. The van der Waals surface area contributed by atoms with E-state index in [2.05, 4.69) is 5.32 Å². The van der Waals surface area contributed by atoms with E-state index < -0.39 is 29.7 Å². The van der Waals surface area contributed by atoms with Crippen LogP contribution >= 0.6 is 22.6 Å². The van der Waals surface area contributed by atoms with Crippen molar-refractivity contribution in [1.82, 2.24) is 10.2 Å². The van der Waals surface area contributed by atoms with Crippen molar-refractivity contribution in [2.24, 2.45) is 5.73 Å². The lowest BCUT2D eigenvalue weighted by Crippen LogP contribution is -2.53. The first-order valence-electron chi connectivity index (χ1n) is 7.82. The van der Waals surface area contributed by atoms with Crippen molar-refractivity contribution in [3.63, 3.8) is 0 Å². The van der Waals surface area contributed by atoms with Crippen LogP contribution in [0.25, 0.3) is 0 Å². The van der Waals surface area contributed by atoms with E-state index in [0.717, 1.165) is 0 Å². The molecule has 0 saturated carbocycles. The minimum absolute atomic E-state index is 0.239. The summed E-state index contributed by atoms with van der Waals surface area (Å²) in [4.78, 5) is 38.1. The van der Waals surface area contributed by atoms with E-state index >= 15 is 0 Å². The molecule has 1 aliphatic rings. The molecule has 0 aromatic carbocycles. The van der Waals surface area contributed by atoms with E-state index in [-0.39, 0.29) is 16.4 Å². The second-order valence-electron chi connectivity index (χ2n) is 6.66. The van der Waals surface area contributed by atoms with Crippen LogP contribution in [0.1, 0.15) is 40.0 Å². The van der Waals surface area contributed by atoms with Crippen molar-refractivity contribution in [3.8, 4) is 0 Å². The van der Waals surface area contributed by atoms with Crippen molar-refractivity contribution in [3.05, 3.63) is 0 Å². The first-order valence-corrected chi connectivity index (χ1v) is 9.07. The van der Waals surface area contributed by atoms with Crippen LogP contribution in [0.2, 0.25) is 0 Å². The maximum absolute atomic E-state index is 12.8. The molecule has 0 spiro atoms. The Morgan fingerprint density at radius 2 is 2.00 bits per heavy atom. The number of alkyl halides is 1. The molecule has 0 aromatic heterocycles. The smallest absolute Gasteiger partial charge is 0.408 e. The summed E-state index contributed by atoms with van der Waals surface area (Å²) in [7, 11) is 1.29. The van der Waals surface area contributed by atoms with E-state index in [0.29, 0.717) is 19.4 Å². The molecule has 0 aliphatic carbocycles. The Balaban J connectivity index is 2.84. The number of hydrogen-bond donors (Lipinski definition) is 2. The maximum atomic E-state index is 12.8. The van der Waals surface area contributed by atoms with Gasteiger partial charge < -0.3 is 25.4 Å². The Morgan fingerprint density at radius 3 is 2.50 bits per heavy atom. The van der Waals surface area contributed by atoms with Gasteiger partial charge in [0.2, 0.25) is 5.91 Å². The molecular formula is C15H26IN3O5. The summed E-state index contributed by atoms with van der Waals surface area (Å²) < 4.78 is 9.63. The standard InChI is InChI=1S/C15H26IN3O5/c1-15(2,3)24-14(22)18-9(8-11(16)17)12(20)19-7-5-6-10(19)13(21)23-4/h9-11H,5-8,17H2,1-4H3,(H,18,22). The van der Waals surface area contributed by atoms with Gasteiger partial charge in [-0.3, -0.25) is 4.79 Å². The fourth-order valence-corrected chi connectivity index (χ4v) is 3.02. The lowest BCUT2D eigenvalue weighted by atomic mass is 10.1. The molecule has 3 N–H and O–H groups in total. The number of amides is 2. The number of hydrogen-bond acceptors (Lipinski definition) is 6. The molecule has 3 atom stereocenters. The number of halogens is 1. The van der Waals surface area contributed by atoms with Crippen LogP contribution in [-0.2, 0) is 19.1 Å². The lowest BCUT2D eigenvalue weighted by molar-refractivity contribution is -0.151. The molecule has 1 heterocycles. The molecule has 8 nitrogen and oxygen atoms in total. The van der Waals surface area contributed by atoms with Crippen LogP contribution in [-0.4, -0.2) is 58.3 Å². The number of esters is 1. The zero-order chi connectivity index (χ0) is 18.5. The van der Waals surface area contributed by atoms with Gasteiger partial charge in [0.05, 0.1) is 11.2 Å². The van der Waals surface area contributed by atoms with Gasteiger partial charge >= 0.3 is 12.1 Å². The van der Waals surface area contributed by atoms with Gasteiger partial charge in [0.25, 0.3) is 0 Å². The first kappa shape index (κ1) is 20.9. The second-order valence-corrected chi connectivity index (χ2v) is 8.26. The predicted molar refractivity (Wildman–Crippen MR) is 96.5 cm³/mol. The molecule has 9 heteroatoms.